The third kappa shape index (κ3) is 4.66. The van der Waals surface area contributed by atoms with Gasteiger partial charge in [0, 0.05) is 4.47 Å². The predicted molar refractivity (Wildman–Crippen MR) is 93.7 cm³/mol. The SMILES string of the molecule is Cc1ccc(NC(=O)COC(=O)c2ccc(C)c(C)c2)c(Br)c1. The number of aryl methyl sites for hydroxylation is 3. The summed E-state index contributed by atoms with van der Waals surface area (Å²) in [6.45, 7) is 5.53. The maximum Gasteiger partial charge on any atom is 0.338 e. The average Bonchev–Trinajstić information content (AvgIpc) is 2.50. The number of amides is 1. The van der Waals surface area contributed by atoms with E-state index in [9.17, 15) is 9.59 Å². The average molecular weight is 376 g/mol. The number of carbonyl (C=O) groups excluding carboxylic acids is 2. The second-order valence-corrected chi connectivity index (χ2v) is 6.26. The Morgan fingerprint density at radius 3 is 2.43 bits per heavy atom. The first-order valence-corrected chi connectivity index (χ1v) is 7.96. The number of nitrogens with one attached hydrogen (secondary N) is 1. The Morgan fingerprint density at radius 1 is 1.04 bits per heavy atom. The number of halogens is 1. The molecular formula is C18H18BrNO3. The Morgan fingerprint density at radius 2 is 1.78 bits per heavy atom. The van der Waals surface area contributed by atoms with Crippen molar-refractivity contribution in [2.75, 3.05) is 11.9 Å². The van der Waals surface area contributed by atoms with E-state index >= 15 is 0 Å². The minimum absolute atomic E-state index is 0.327. The van der Waals surface area contributed by atoms with Gasteiger partial charge in [-0.05, 0) is 77.7 Å². The molecule has 0 atom stereocenters. The molecule has 2 aromatic rings. The highest BCUT2D eigenvalue weighted by Crippen LogP contribution is 2.23. The van der Waals surface area contributed by atoms with Crippen LogP contribution in [0, 0.1) is 20.8 Å². The van der Waals surface area contributed by atoms with Gasteiger partial charge in [-0.3, -0.25) is 4.79 Å². The van der Waals surface area contributed by atoms with E-state index in [-0.39, 0.29) is 12.5 Å². The molecule has 1 N–H and O–H groups in total. The lowest BCUT2D eigenvalue weighted by atomic mass is 10.1. The van der Waals surface area contributed by atoms with Gasteiger partial charge in [0.2, 0.25) is 0 Å². The van der Waals surface area contributed by atoms with Crippen molar-refractivity contribution < 1.29 is 14.3 Å². The molecule has 2 aromatic carbocycles. The van der Waals surface area contributed by atoms with Crippen molar-refractivity contribution in [2.24, 2.45) is 0 Å². The summed E-state index contributed by atoms with van der Waals surface area (Å²) in [6.07, 6.45) is 0. The summed E-state index contributed by atoms with van der Waals surface area (Å²) < 4.78 is 5.84. The second-order valence-electron chi connectivity index (χ2n) is 5.41. The molecule has 0 aliphatic carbocycles. The van der Waals surface area contributed by atoms with Crippen LogP contribution < -0.4 is 5.32 Å². The molecule has 0 bridgehead atoms. The zero-order valence-corrected chi connectivity index (χ0v) is 14.9. The predicted octanol–water partition coefficient (Wildman–Crippen LogP) is 4.17. The molecule has 0 saturated carbocycles. The van der Waals surface area contributed by atoms with E-state index in [0.29, 0.717) is 11.3 Å². The third-order valence-corrected chi connectivity index (χ3v) is 4.13. The van der Waals surface area contributed by atoms with Gasteiger partial charge in [-0.2, -0.15) is 0 Å². The lowest BCUT2D eigenvalue weighted by Crippen LogP contribution is -2.21. The maximum absolute atomic E-state index is 12.0. The molecule has 4 nitrogen and oxygen atoms in total. The van der Waals surface area contributed by atoms with Crippen molar-refractivity contribution in [1.82, 2.24) is 0 Å². The fourth-order valence-electron chi connectivity index (χ4n) is 1.99. The van der Waals surface area contributed by atoms with Gasteiger partial charge in [0.25, 0.3) is 5.91 Å². The lowest BCUT2D eigenvalue weighted by molar-refractivity contribution is -0.119. The molecular weight excluding hydrogens is 358 g/mol. The fraction of sp³-hybridized carbons (Fsp3) is 0.222. The van der Waals surface area contributed by atoms with Gasteiger partial charge in [0.15, 0.2) is 6.61 Å². The normalized spacial score (nSPS) is 10.3. The number of benzene rings is 2. The van der Waals surface area contributed by atoms with Crippen molar-refractivity contribution in [3.05, 3.63) is 63.1 Å². The van der Waals surface area contributed by atoms with E-state index in [1.807, 2.05) is 39.0 Å². The van der Waals surface area contributed by atoms with E-state index in [1.54, 1.807) is 18.2 Å². The summed E-state index contributed by atoms with van der Waals surface area (Å²) in [5.41, 5.74) is 4.27. The van der Waals surface area contributed by atoms with Crippen LogP contribution in [-0.2, 0) is 9.53 Å². The topological polar surface area (TPSA) is 55.4 Å². The number of ether oxygens (including phenoxy) is 1. The van der Waals surface area contributed by atoms with Crippen LogP contribution >= 0.6 is 15.9 Å². The first-order chi connectivity index (χ1) is 10.9. The van der Waals surface area contributed by atoms with Crippen molar-refractivity contribution >= 4 is 33.5 Å². The van der Waals surface area contributed by atoms with Gasteiger partial charge < -0.3 is 10.1 Å². The van der Waals surface area contributed by atoms with Crippen LogP contribution in [0.25, 0.3) is 0 Å². The van der Waals surface area contributed by atoms with Gasteiger partial charge >= 0.3 is 5.97 Å². The van der Waals surface area contributed by atoms with Crippen LogP contribution in [0.5, 0.6) is 0 Å². The highest BCUT2D eigenvalue weighted by atomic mass is 79.9. The molecule has 0 aliphatic rings. The van der Waals surface area contributed by atoms with Gasteiger partial charge in [-0.15, -0.1) is 0 Å². The molecule has 0 aliphatic heterocycles. The van der Waals surface area contributed by atoms with E-state index in [4.69, 9.17) is 4.74 Å². The Balaban J connectivity index is 1.93. The van der Waals surface area contributed by atoms with Gasteiger partial charge in [0.1, 0.15) is 0 Å². The maximum atomic E-state index is 12.0. The molecule has 120 valence electrons. The van der Waals surface area contributed by atoms with Crippen molar-refractivity contribution in [3.63, 3.8) is 0 Å². The minimum atomic E-state index is -0.508. The van der Waals surface area contributed by atoms with Crippen molar-refractivity contribution in [2.45, 2.75) is 20.8 Å². The van der Waals surface area contributed by atoms with Crippen LogP contribution in [0.2, 0.25) is 0 Å². The summed E-state index contributed by atoms with van der Waals surface area (Å²) in [5, 5.41) is 2.70. The summed E-state index contributed by atoms with van der Waals surface area (Å²) in [7, 11) is 0. The monoisotopic (exact) mass is 375 g/mol. The zero-order valence-electron chi connectivity index (χ0n) is 13.3. The Kier molecular flexibility index (Phi) is 5.55. The van der Waals surface area contributed by atoms with E-state index in [0.717, 1.165) is 21.2 Å². The van der Waals surface area contributed by atoms with E-state index in [1.165, 1.54) is 0 Å². The smallest absolute Gasteiger partial charge is 0.338 e. The number of esters is 1. The van der Waals surface area contributed by atoms with Crippen molar-refractivity contribution in [1.29, 1.82) is 0 Å². The largest absolute Gasteiger partial charge is 0.452 e. The summed E-state index contributed by atoms with van der Waals surface area (Å²) in [5.74, 6) is -0.891. The molecule has 0 saturated heterocycles. The standard InChI is InChI=1S/C18H18BrNO3/c1-11-4-7-16(15(19)8-11)20-17(21)10-23-18(22)14-6-5-12(2)13(3)9-14/h4-9H,10H2,1-3H3,(H,20,21). The molecule has 0 radical (unpaired) electrons. The Labute approximate surface area is 144 Å². The molecule has 0 fully saturated rings. The van der Waals surface area contributed by atoms with E-state index in [2.05, 4.69) is 21.2 Å². The Bertz CT molecular complexity index is 756. The molecule has 0 unspecified atom stereocenters. The first kappa shape index (κ1) is 17.2. The van der Waals surface area contributed by atoms with Crippen molar-refractivity contribution in [3.8, 4) is 0 Å². The highest BCUT2D eigenvalue weighted by molar-refractivity contribution is 9.10. The van der Waals surface area contributed by atoms with Crippen LogP contribution in [-0.4, -0.2) is 18.5 Å². The second kappa shape index (κ2) is 7.42. The quantitative estimate of drug-likeness (QED) is 0.815. The molecule has 0 heterocycles. The first-order valence-electron chi connectivity index (χ1n) is 7.17. The molecule has 0 aromatic heterocycles. The molecule has 2 rings (SSSR count). The van der Waals surface area contributed by atoms with Gasteiger partial charge in [-0.25, -0.2) is 4.79 Å². The molecule has 23 heavy (non-hydrogen) atoms. The number of carbonyl (C=O) groups is 2. The third-order valence-electron chi connectivity index (χ3n) is 3.48. The lowest BCUT2D eigenvalue weighted by Gasteiger charge is -2.09. The summed E-state index contributed by atoms with van der Waals surface area (Å²) >= 11 is 3.38. The van der Waals surface area contributed by atoms with Crippen LogP contribution in [0.4, 0.5) is 5.69 Å². The van der Waals surface area contributed by atoms with Crippen LogP contribution in [0.3, 0.4) is 0 Å². The van der Waals surface area contributed by atoms with Crippen LogP contribution in [0.1, 0.15) is 27.0 Å². The number of rotatable bonds is 4. The summed E-state index contributed by atoms with van der Waals surface area (Å²) in [6, 6.07) is 10.9. The van der Waals surface area contributed by atoms with E-state index < -0.39 is 5.97 Å². The Hall–Kier alpha value is -2.14. The number of anilines is 1. The molecule has 1 amide bonds. The minimum Gasteiger partial charge on any atom is -0.452 e. The highest BCUT2D eigenvalue weighted by Gasteiger charge is 2.12. The van der Waals surface area contributed by atoms with Crippen LogP contribution in [0.15, 0.2) is 40.9 Å². The molecule has 0 spiro atoms. The zero-order chi connectivity index (χ0) is 17.0. The number of hydrogen-bond donors (Lipinski definition) is 1. The van der Waals surface area contributed by atoms with Gasteiger partial charge in [-0.1, -0.05) is 12.1 Å². The molecule has 5 heteroatoms. The fourth-order valence-corrected chi connectivity index (χ4v) is 2.58. The summed E-state index contributed by atoms with van der Waals surface area (Å²) in [4.78, 5) is 23.9. The van der Waals surface area contributed by atoms with Gasteiger partial charge in [0.05, 0.1) is 11.3 Å². The number of hydrogen-bond acceptors (Lipinski definition) is 3.